The number of nitrogens with one attached hydrogen (secondary N) is 1. The van der Waals surface area contributed by atoms with Crippen LogP contribution in [0.4, 0.5) is 13.2 Å². The van der Waals surface area contributed by atoms with Crippen LogP contribution in [0.15, 0.2) is 36.4 Å². The van der Waals surface area contributed by atoms with Gasteiger partial charge in [0.05, 0.1) is 6.04 Å². The number of rotatable bonds is 4. The smallest absolute Gasteiger partial charge is 0.131 e. The molecule has 0 heterocycles. The Morgan fingerprint density at radius 1 is 1.00 bits per heavy atom. The molecule has 20 heavy (non-hydrogen) atoms. The van der Waals surface area contributed by atoms with E-state index in [-0.39, 0.29) is 5.82 Å². The second-order valence-electron chi connectivity index (χ2n) is 4.67. The molecule has 2 rings (SSSR count). The first-order valence-corrected chi connectivity index (χ1v) is 6.47. The Balaban J connectivity index is 2.48. The second kappa shape index (κ2) is 6.09. The average Bonchev–Trinajstić information content (AvgIpc) is 2.42. The third-order valence-electron chi connectivity index (χ3n) is 3.20. The summed E-state index contributed by atoms with van der Waals surface area (Å²) in [5.74, 6) is -1.52. The summed E-state index contributed by atoms with van der Waals surface area (Å²) in [6.07, 6.45) is 0. The van der Waals surface area contributed by atoms with Crippen molar-refractivity contribution in [1.82, 2.24) is 5.32 Å². The Kier molecular flexibility index (Phi) is 4.45. The molecule has 0 radical (unpaired) electrons. The van der Waals surface area contributed by atoms with Crippen LogP contribution in [0.2, 0.25) is 0 Å². The van der Waals surface area contributed by atoms with Crippen LogP contribution in [0.5, 0.6) is 0 Å². The van der Waals surface area contributed by atoms with Gasteiger partial charge < -0.3 is 5.32 Å². The van der Waals surface area contributed by atoms with Crippen molar-refractivity contribution in [1.29, 1.82) is 0 Å². The number of hydrogen-bond acceptors (Lipinski definition) is 1. The van der Waals surface area contributed by atoms with Crippen LogP contribution < -0.4 is 5.32 Å². The SMILES string of the molecule is CCNC(c1ccc(F)cc1)c1cc(C)c(F)cc1F. The zero-order valence-corrected chi connectivity index (χ0v) is 11.4. The molecule has 0 aliphatic rings. The number of hydrogen-bond donors (Lipinski definition) is 1. The van der Waals surface area contributed by atoms with Gasteiger partial charge in [-0.25, -0.2) is 13.2 Å². The maximum Gasteiger partial charge on any atom is 0.131 e. The fourth-order valence-corrected chi connectivity index (χ4v) is 2.17. The molecule has 2 aromatic carbocycles. The van der Waals surface area contributed by atoms with Gasteiger partial charge in [-0.1, -0.05) is 19.1 Å². The predicted octanol–water partition coefficient (Wildman–Crippen LogP) is 4.11. The van der Waals surface area contributed by atoms with Crippen LogP contribution in [0.25, 0.3) is 0 Å². The van der Waals surface area contributed by atoms with Gasteiger partial charge in [-0.05, 0) is 42.8 Å². The first kappa shape index (κ1) is 14.6. The van der Waals surface area contributed by atoms with E-state index in [4.69, 9.17) is 0 Å². The van der Waals surface area contributed by atoms with Crippen molar-refractivity contribution in [3.63, 3.8) is 0 Å². The molecular formula is C16H16F3N. The lowest BCUT2D eigenvalue weighted by Gasteiger charge is -2.20. The average molecular weight is 279 g/mol. The minimum Gasteiger partial charge on any atom is -0.306 e. The highest BCUT2D eigenvalue weighted by Gasteiger charge is 2.18. The maximum atomic E-state index is 14.0. The monoisotopic (exact) mass is 279 g/mol. The fraction of sp³-hybridized carbons (Fsp3) is 0.250. The van der Waals surface area contributed by atoms with Crippen molar-refractivity contribution < 1.29 is 13.2 Å². The van der Waals surface area contributed by atoms with Crippen molar-refractivity contribution in [2.75, 3.05) is 6.54 Å². The molecule has 0 bridgehead atoms. The van der Waals surface area contributed by atoms with E-state index in [1.165, 1.54) is 18.2 Å². The van der Waals surface area contributed by atoms with Gasteiger partial charge in [0.2, 0.25) is 0 Å². The quantitative estimate of drug-likeness (QED) is 0.888. The minimum absolute atomic E-state index is 0.347. The van der Waals surface area contributed by atoms with E-state index in [2.05, 4.69) is 5.32 Å². The number of benzene rings is 2. The van der Waals surface area contributed by atoms with E-state index in [1.807, 2.05) is 6.92 Å². The third-order valence-corrected chi connectivity index (χ3v) is 3.20. The van der Waals surface area contributed by atoms with Crippen LogP contribution >= 0.6 is 0 Å². The lowest BCUT2D eigenvalue weighted by atomic mass is 9.96. The van der Waals surface area contributed by atoms with E-state index in [1.54, 1.807) is 19.1 Å². The third kappa shape index (κ3) is 3.02. The summed E-state index contributed by atoms with van der Waals surface area (Å²) in [5.41, 5.74) is 1.47. The lowest BCUT2D eigenvalue weighted by Crippen LogP contribution is -2.23. The summed E-state index contributed by atoms with van der Waals surface area (Å²) < 4.78 is 40.4. The lowest BCUT2D eigenvalue weighted by molar-refractivity contribution is 0.537. The van der Waals surface area contributed by atoms with Gasteiger partial charge in [-0.3, -0.25) is 0 Å². The summed E-state index contributed by atoms with van der Waals surface area (Å²) in [6.45, 7) is 4.09. The van der Waals surface area contributed by atoms with Crippen molar-refractivity contribution in [3.05, 3.63) is 70.5 Å². The van der Waals surface area contributed by atoms with Crippen molar-refractivity contribution in [2.45, 2.75) is 19.9 Å². The molecule has 0 spiro atoms. The van der Waals surface area contributed by atoms with Crippen molar-refractivity contribution in [2.24, 2.45) is 0 Å². The zero-order valence-electron chi connectivity index (χ0n) is 11.4. The van der Waals surface area contributed by atoms with Crippen LogP contribution in [-0.4, -0.2) is 6.54 Å². The van der Waals surface area contributed by atoms with E-state index in [9.17, 15) is 13.2 Å². The van der Waals surface area contributed by atoms with Crippen molar-refractivity contribution in [3.8, 4) is 0 Å². The standard InChI is InChI=1S/C16H16F3N/c1-3-20-16(11-4-6-12(17)7-5-11)13-8-10(2)14(18)9-15(13)19/h4-9,16,20H,3H2,1-2H3. The molecule has 1 atom stereocenters. The molecule has 0 aromatic heterocycles. The second-order valence-corrected chi connectivity index (χ2v) is 4.67. The fourth-order valence-electron chi connectivity index (χ4n) is 2.17. The van der Waals surface area contributed by atoms with Crippen LogP contribution in [0, 0.1) is 24.4 Å². The molecule has 0 aliphatic carbocycles. The van der Waals surface area contributed by atoms with Crippen LogP contribution in [0.1, 0.15) is 29.7 Å². The van der Waals surface area contributed by atoms with E-state index >= 15 is 0 Å². The highest BCUT2D eigenvalue weighted by atomic mass is 19.1. The molecule has 1 N–H and O–H groups in total. The molecule has 0 saturated carbocycles. The largest absolute Gasteiger partial charge is 0.306 e. The first-order chi connectivity index (χ1) is 9.52. The Morgan fingerprint density at radius 3 is 2.25 bits per heavy atom. The molecule has 0 aliphatic heterocycles. The molecule has 106 valence electrons. The Labute approximate surface area is 116 Å². The summed E-state index contributed by atoms with van der Waals surface area (Å²) in [6, 6.07) is 7.79. The summed E-state index contributed by atoms with van der Waals surface area (Å²) >= 11 is 0. The normalized spacial score (nSPS) is 12.4. The van der Waals surface area contributed by atoms with Gasteiger partial charge >= 0.3 is 0 Å². The highest BCUT2D eigenvalue weighted by molar-refractivity contribution is 5.35. The topological polar surface area (TPSA) is 12.0 Å². The molecule has 0 saturated heterocycles. The Hall–Kier alpha value is -1.81. The Bertz CT molecular complexity index is 593. The van der Waals surface area contributed by atoms with Gasteiger partial charge in [0.1, 0.15) is 17.5 Å². The van der Waals surface area contributed by atoms with Crippen LogP contribution in [-0.2, 0) is 0 Å². The first-order valence-electron chi connectivity index (χ1n) is 6.47. The predicted molar refractivity (Wildman–Crippen MR) is 73.0 cm³/mol. The molecule has 2 aromatic rings. The number of aryl methyl sites for hydroxylation is 1. The van der Waals surface area contributed by atoms with Gasteiger partial charge in [0.25, 0.3) is 0 Å². The summed E-state index contributed by atoms with van der Waals surface area (Å²) in [7, 11) is 0. The van der Waals surface area contributed by atoms with Gasteiger partial charge in [-0.15, -0.1) is 0 Å². The minimum atomic E-state index is -0.608. The molecule has 1 unspecified atom stereocenters. The Morgan fingerprint density at radius 2 is 1.65 bits per heavy atom. The summed E-state index contributed by atoms with van der Waals surface area (Å²) in [5, 5.41) is 3.14. The van der Waals surface area contributed by atoms with E-state index in [0.717, 1.165) is 11.6 Å². The summed E-state index contributed by atoms with van der Waals surface area (Å²) in [4.78, 5) is 0. The molecule has 4 heteroatoms. The molecule has 0 fully saturated rings. The van der Waals surface area contributed by atoms with Gasteiger partial charge in [0, 0.05) is 11.6 Å². The maximum absolute atomic E-state index is 14.0. The highest BCUT2D eigenvalue weighted by Crippen LogP contribution is 2.26. The van der Waals surface area contributed by atoms with Gasteiger partial charge in [-0.2, -0.15) is 0 Å². The van der Waals surface area contributed by atoms with E-state index < -0.39 is 17.7 Å². The zero-order chi connectivity index (χ0) is 14.7. The van der Waals surface area contributed by atoms with Gasteiger partial charge in [0.15, 0.2) is 0 Å². The number of halogens is 3. The molecular weight excluding hydrogens is 263 g/mol. The van der Waals surface area contributed by atoms with Crippen molar-refractivity contribution >= 4 is 0 Å². The van der Waals surface area contributed by atoms with E-state index in [0.29, 0.717) is 17.7 Å². The molecule has 0 amide bonds. The molecule has 1 nitrogen and oxygen atoms in total. The van der Waals surface area contributed by atoms with Crippen LogP contribution in [0.3, 0.4) is 0 Å².